The molecule has 69 heavy (non-hydrogen) atoms. The van der Waals surface area contributed by atoms with Gasteiger partial charge in [-0.15, -0.1) is 0 Å². The van der Waals surface area contributed by atoms with Gasteiger partial charge >= 0.3 is 5.76 Å². The Kier molecular flexibility index (Phi) is 14.5. The number of halogens is 2. The summed E-state index contributed by atoms with van der Waals surface area (Å²) >= 11 is 10.4. The van der Waals surface area contributed by atoms with Gasteiger partial charge in [-0.05, 0) is 122 Å². The molecule has 2 amide bonds. The normalized spacial score (nSPS) is 17.7. The standard InChI is InChI=1S/C50H59BrClN10O6P/c1-6-30-25-39(56-49-53-29-35(51)47(58-49)55-38-12-11-37-34(46(38)69(4,5)66)10-9-32(7-2)54-37)43(67-8-3)28-41(30)61-19-16-33(17-20-61)60-23-21-59(22-24-60)18-15-31-26-44-42(27-36(31)52)62(50(65)68-44)40-13-14-45(63)57-48(40)64/h9-12,25-29,33,40H,6-8,13-24H2,1-5H3,(H,57,63,64)(H2,53,55,56,58). The van der Waals surface area contributed by atoms with E-state index in [1.165, 1.54) is 15.8 Å². The van der Waals surface area contributed by atoms with Crippen molar-refractivity contribution >= 4 is 103 Å². The van der Waals surface area contributed by atoms with E-state index in [-0.39, 0.29) is 18.7 Å². The quantitative estimate of drug-likeness (QED) is 0.0659. The number of hydrogen-bond acceptors (Lipinski definition) is 14. The molecule has 3 aliphatic rings. The lowest BCUT2D eigenvalue weighted by Gasteiger charge is -2.43. The highest BCUT2D eigenvalue weighted by Crippen LogP contribution is 2.43. The molecule has 19 heteroatoms. The number of rotatable bonds is 15. The van der Waals surface area contributed by atoms with Crippen molar-refractivity contribution in [3.8, 4) is 5.75 Å². The van der Waals surface area contributed by atoms with Crippen molar-refractivity contribution in [1.82, 2.24) is 34.6 Å². The number of piperidine rings is 2. The zero-order valence-electron chi connectivity index (χ0n) is 39.7. The van der Waals surface area contributed by atoms with Crippen LogP contribution in [0.15, 0.2) is 68.4 Å². The van der Waals surface area contributed by atoms with Crippen molar-refractivity contribution in [3.63, 3.8) is 0 Å². The number of oxazole rings is 1. The van der Waals surface area contributed by atoms with Gasteiger partial charge in [-0.2, -0.15) is 4.98 Å². The molecule has 3 saturated heterocycles. The molecule has 364 valence electrons. The third-order valence-electron chi connectivity index (χ3n) is 13.6. The summed E-state index contributed by atoms with van der Waals surface area (Å²) in [5.74, 6) is 0.167. The minimum absolute atomic E-state index is 0.156. The van der Waals surface area contributed by atoms with Crippen LogP contribution < -0.4 is 36.6 Å². The highest BCUT2D eigenvalue weighted by atomic mass is 79.9. The average molecular weight is 1040 g/mol. The molecular formula is C50H59BrClN10O6P. The predicted molar refractivity (Wildman–Crippen MR) is 277 cm³/mol. The van der Waals surface area contributed by atoms with E-state index in [0.717, 1.165) is 110 Å². The van der Waals surface area contributed by atoms with Crippen LogP contribution in [-0.2, 0) is 33.4 Å². The minimum Gasteiger partial charge on any atom is -0.492 e. The number of imide groups is 1. The summed E-state index contributed by atoms with van der Waals surface area (Å²) in [4.78, 5) is 59.0. The van der Waals surface area contributed by atoms with Gasteiger partial charge in [-0.25, -0.2) is 9.78 Å². The first kappa shape index (κ1) is 48.7. The summed E-state index contributed by atoms with van der Waals surface area (Å²) in [5, 5.41) is 11.3. The van der Waals surface area contributed by atoms with Gasteiger partial charge in [-0.1, -0.05) is 31.5 Å². The number of aromatic nitrogens is 4. The third-order valence-corrected chi connectivity index (χ3v) is 16.1. The number of aryl methyl sites for hydroxylation is 2. The van der Waals surface area contributed by atoms with Crippen LogP contribution in [0.25, 0.3) is 22.0 Å². The Hall–Kier alpha value is -5.32. The SMILES string of the molecule is CCOc1cc(N2CCC(N3CCN(CCc4cc5oc(=O)n(C6CCC(=O)NC6=O)c5cc4Cl)CC3)CC2)c(CC)cc1Nc1ncc(Br)c(Nc2ccc3nc(CC)ccc3c2P(C)(C)=O)n1. The molecule has 6 aromatic rings. The Balaban J connectivity index is 0.819. The minimum atomic E-state index is -2.75. The van der Waals surface area contributed by atoms with Crippen LogP contribution in [0.1, 0.15) is 69.3 Å². The number of amides is 2. The van der Waals surface area contributed by atoms with E-state index in [1.54, 1.807) is 25.6 Å². The first-order valence-electron chi connectivity index (χ1n) is 23.9. The van der Waals surface area contributed by atoms with Gasteiger partial charge in [0.05, 0.1) is 33.5 Å². The Morgan fingerprint density at radius 2 is 1.68 bits per heavy atom. The molecule has 9 rings (SSSR count). The molecule has 0 bridgehead atoms. The maximum Gasteiger partial charge on any atom is 0.420 e. The second-order valence-corrected chi connectivity index (χ2v) is 22.8. The molecule has 3 N–H and O–H groups in total. The van der Waals surface area contributed by atoms with Crippen LogP contribution in [0.3, 0.4) is 0 Å². The fourth-order valence-corrected chi connectivity index (χ4v) is 12.1. The van der Waals surface area contributed by atoms with E-state index in [4.69, 9.17) is 30.7 Å². The van der Waals surface area contributed by atoms with Crippen molar-refractivity contribution in [2.24, 2.45) is 0 Å². The van der Waals surface area contributed by atoms with Crippen LogP contribution in [0.4, 0.5) is 28.8 Å². The van der Waals surface area contributed by atoms with Gasteiger partial charge in [0.25, 0.3) is 0 Å². The maximum absolute atomic E-state index is 13.8. The molecule has 16 nitrogen and oxygen atoms in total. The number of nitrogens with zero attached hydrogens (tertiary/aromatic N) is 7. The van der Waals surface area contributed by atoms with E-state index >= 15 is 0 Å². The van der Waals surface area contributed by atoms with Crippen molar-refractivity contribution in [2.45, 2.75) is 77.8 Å². The molecule has 1 unspecified atom stereocenters. The van der Waals surface area contributed by atoms with E-state index in [0.29, 0.717) is 57.1 Å². The summed E-state index contributed by atoms with van der Waals surface area (Å²) in [5.41, 5.74) is 7.41. The van der Waals surface area contributed by atoms with Crippen LogP contribution >= 0.6 is 34.7 Å². The summed E-state index contributed by atoms with van der Waals surface area (Å²) in [6.45, 7) is 16.9. The Morgan fingerprint density at radius 1 is 0.899 bits per heavy atom. The van der Waals surface area contributed by atoms with Gasteiger partial charge in [0.15, 0.2) is 5.58 Å². The highest BCUT2D eigenvalue weighted by Gasteiger charge is 2.33. The smallest absolute Gasteiger partial charge is 0.420 e. The van der Waals surface area contributed by atoms with Crippen molar-refractivity contribution in [3.05, 3.63) is 91.6 Å². The monoisotopic (exact) mass is 1040 g/mol. The Labute approximate surface area is 415 Å². The number of pyridine rings is 1. The van der Waals surface area contributed by atoms with Gasteiger partial charge in [0.1, 0.15) is 24.8 Å². The topological polar surface area (TPSA) is 180 Å². The number of anilines is 5. The summed E-state index contributed by atoms with van der Waals surface area (Å²) in [7, 11) is -2.75. The number of nitrogens with one attached hydrogen (secondary N) is 3. The van der Waals surface area contributed by atoms with Gasteiger partial charge < -0.3 is 34.2 Å². The van der Waals surface area contributed by atoms with E-state index in [1.807, 2.05) is 37.3 Å². The maximum atomic E-state index is 13.8. The largest absolute Gasteiger partial charge is 0.492 e. The number of carbonyl (C=O) groups excluding carboxylic acids is 2. The molecule has 0 radical (unpaired) electrons. The molecule has 0 aliphatic carbocycles. The van der Waals surface area contributed by atoms with Crippen LogP contribution in [0.2, 0.25) is 5.02 Å². The lowest BCUT2D eigenvalue weighted by atomic mass is 9.99. The molecule has 3 aliphatic heterocycles. The number of hydrogen-bond donors (Lipinski definition) is 3. The van der Waals surface area contributed by atoms with E-state index in [9.17, 15) is 18.9 Å². The second-order valence-electron chi connectivity index (χ2n) is 18.4. The summed E-state index contributed by atoms with van der Waals surface area (Å²) in [6, 6.07) is 15.4. The second kappa shape index (κ2) is 20.6. The third kappa shape index (κ3) is 10.4. The van der Waals surface area contributed by atoms with E-state index in [2.05, 4.69) is 77.5 Å². The highest BCUT2D eigenvalue weighted by molar-refractivity contribution is 9.10. The predicted octanol–water partition coefficient (Wildman–Crippen LogP) is 8.41. The van der Waals surface area contributed by atoms with Crippen LogP contribution in [-0.4, -0.2) is 113 Å². The van der Waals surface area contributed by atoms with Gasteiger partial charge in [-0.3, -0.25) is 29.4 Å². The zero-order valence-corrected chi connectivity index (χ0v) is 43.0. The summed E-state index contributed by atoms with van der Waals surface area (Å²) < 4.78 is 27.6. The number of carbonyl (C=O) groups is 2. The summed E-state index contributed by atoms with van der Waals surface area (Å²) in [6.07, 6.45) is 6.58. The van der Waals surface area contributed by atoms with Gasteiger partial charge in [0, 0.05) is 97.6 Å². The molecule has 3 fully saturated rings. The van der Waals surface area contributed by atoms with Crippen LogP contribution in [0.5, 0.6) is 5.75 Å². The molecular weight excluding hydrogens is 983 g/mol. The van der Waals surface area contributed by atoms with Crippen LogP contribution in [0, 0.1) is 0 Å². The fourth-order valence-electron chi connectivity index (χ4n) is 10.1. The lowest BCUT2D eigenvalue weighted by Crippen LogP contribution is -2.53. The number of fused-ring (bicyclic) bond motifs is 2. The van der Waals surface area contributed by atoms with Crippen molar-refractivity contribution in [1.29, 1.82) is 0 Å². The first-order valence-corrected chi connectivity index (χ1v) is 27.7. The lowest BCUT2D eigenvalue weighted by molar-refractivity contribution is -0.135. The number of ether oxygens (including phenoxy) is 1. The average Bonchev–Trinajstić information content (AvgIpc) is 3.65. The fraction of sp³-hybridized carbons (Fsp3) is 0.440. The van der Waals surface area contributed by atoms with Crippen molar-refractivity contribution in [2.75, 3.05) is 81.3 Å². The van der Waals surface area contributed by atoms with E-state index < -0.39 is 24.8 Å². The Morgan fingerprint density at radius 3 is 2.39 bits per heavy atom. The molecule has 6 heterocycles. The molecule has 0 spiro atoms. The zero-order chi connectivity index (χ0) is 48.6. The number of benzene rings is 3. The molecule has 3 aromatic carbocycles. The van der Waals surface area contributed by atoms with Crippen molar-refractivity contribution < 1.29 is 23.3 Å². The first-order chi connectivity index (χ1) is 33.2. The molecule has 1 atom stereocenters. The number of piperazine rings is 1. The Bertz CT molecular complexity index is 3030. The molecule has 3 aromatic heterocycles. The van der Waals surface area contributed by atoms with Gasteiger partial charge in [0.2, 0.25) is 17.8 Å². The molecule has 0 saturated carbocycles.